The van der Waals surface area contributed by atoms with Gasteiger partial charge in [-0.3, -0.25) is 4.90 Å². The first-order valence-corrected chi connectivity index (χ1v) is 13.3. The third-order valence-electron chi connectivity index (χ3n) is 5.95. The third kappa shape index (κ3) is 22.2. The number of rotatable bonds is 24. The fourth-order valence-electron chi connectivity index (χ4n) is 3.95. The van der Waals surface area contributed by atoms with Crippen LogP contribution in [0, 0.1) is 0 Å². The quantitative estimate of drug-likeness (QED) is 0.130. The summed E-state index contributed by atoms with van der Waals surface area (Å²) in [7, 11) is 0. The lowest BCUT2D eigenvalue weighted by atomic mass is 10.1. The molecule has 0 spiro atoms. The standard InChI is InChI=1S/C26H56N2/c1-4-7-10-12-14-16-18-21-24-28(26-27-23-20-9-6-3)25-22-19-17-15-13-11-8-5-2/h27H,4-26H2,1-3H3. The van der Waals surface area contributed by atoms with E-state index in [1.807, 2.05) is 0 Å². The van der Waals surface area contributed by atoms with Gasteiger partial charge in [-0.1, -0.05) is 124 Å². The SMILES string of the molecule is CCCCCCCCCCN(CCCCCCCCCC)CNCCCCC. The first-order chi connectivity index (χ1) is 13.8. The van der Waals surface area contributed by atoms with Crippen molar-refractivity contribution in [3.63, 3.8) is 0 Å². The second-order valence-corrected chi connectivity index (χ2v) is 8.93. The fraction of sp³-hybridized carbons (Fsp3) is 1.00. The van der Waals surface area contributed by atoms with E-state index in [1.165, 1.54) is 142 Å². The molecule has 0 heterocycles. The van der Waals surface area contributed by atoms with E-state index in [2.05, 4.69) is 31.0 Å². The first-order valence-electron chi connectivity index (χ1n) is 13.3. The van der Waals surface area contributed by atoms with Gasteiger partial charge in [0.2, 0.25) is 0 Å². The topological polar surface area (TPSA) is 15.3 Å². The molecule has 0 amide bonds. The van der Waals surface area contributed by atoms with Crippen molar-refractivity contribution >= 4 is 0 Å². The van der Waals surface area contributed by atoms with Gasteiger partial charge < -0.3 is 5.32 Å². The first kappa shape index (κ1) is 27.9. The molecule has 0 saturated carbocycles. The minimum absolute atomic E-state index is 1.11. The van der Waals surface area contributed by atoms with Crippen molar-refractivity contribution < 1.29 is 0 Å². The van der Waals surface area contributed by atoms with E-state index in [4.69, 9.17) is 0 Å². The highest BCUT2D eigenvalue weighted by Gasteiger charge is 2.04. The molecule has 2 nitrogen and oxygen atoms in total. The molecule has 0 aliphatic rings. The summed E-state index contributed by atoms with van der Waals surface area (Å²) in [6, 6.07) is 0. The Balaban J connectivity index is 3.75. The molecule has 0 unspecified atom stereocenters. The molecule has 0 aromatic rings. The monoisotopic (exact) mass is 396 g/mol. The Kier molecular flexibility index (Phi) is 24.9. The van der Waals surface area contributed by atoms with Gasteiger partial charge in [-0.25, -0.2) is 0 Å². The van der Waals surface area contributed by atoms with E-state index >= 15 is 0 Å². The maximum Gasteiger partial charge on any atom is 0.0480 e. The van der Waals surface area contributed by atoms with Gasteiger partial charge >= 0.3 is 0 Å². The molecule has 0 radical (unpaired) electrons. The lowest BCUT2D eigenvalue weighted by Gasteiger charge is -2.23. The van der Waals surface area contributed by atoms with Crippen LogP contribution in [0.4, 0.5) is 0 Å². The Morgan fingerprint density at radius 1 is 0.429 bits per heavy atom. The number of hydrogen-bond acceptors (Lipinski definition) is 2. The lowest BCUT2D eigenvalue weighted by Crippen LogP contribution is -2.36. The van der Waals surface area contributed by atoms with Gasteiger partial charge in [0.15, 0.2) is 0 Å². The molecule has 0 aromatic carbocycles. The molecular weight excluding hydrogens is 340 g/mol. The Morgan fingerprint density at radius 2 is 0.786 bits per heavy atom. The maximum absolute atomic E-state index is 3.70. The van der Waals surface area contributed by atoms with E-state index in [0.29, 0.717) is 0 Å². The van der Waals surface area contributed by atoms with Crippen LogP contribution in [-0.4, -0.2) is 31.2 Å². The lowest BCUT2D eigenvalue weighted by molar-refractivity contribution is 0.240. The summed E-state index contributed by atoms with van der Waals surface area (Å²) < 4.78 is 0. The smallest absolute Gasteiger partial charge is 0.0480 e. The molecule has 0 atom stereocenters. The summed E-state index contributed by atoms with van der Waals surface area (Å²) in [4.78, 5) is 2.69. The summed E-state index contributed by atoms with van der Waals surface area (Å²) >= 11 is 0. The highest BCUT2D eigenvalue weighted by atomic mass is 15.2. The van der Waals surface area contributed by atoms with E-state index in [-0.39, 0.29) is 0 Å². The van der Waals surface area contributed by atoms with Gasteiger partial charge in [0.25, 0.3) is 0 Å². The Hall–Kier alpha value is -0.0800. The van der Waals surface area contributed by atoms with Crippen LogP contribution in [0.5, 0.6) is 0 Å². The summed E-state index contributed by atoms with van der Waals surface area (Å²) in [5.74, 6) is 0. The van der Waals surface area contributed by atoms with Crippen molar-refractivity contribution in [1.29, 1.82) is 0 Å². The zero-order valence-corrected chi connectivity index (χ0v) is 20.2. The second-order valence-electron chi connectivity index (χ2n) is 8.93. The van der Waals surface area contributed by atoms with Crippen molar-refractivity contribution in [2.75, 3.05) is 26.3 Å². The summed E-state index contributed by atoms with van der Waals surface area (Å²) in [5.41, 5.74) is 0. The molecular formula is C26H56N2. The minimum atomic E-state index is 1.11. The average molecular weight is 397 g/mol. The molecule has 0 rings (SSSR count). The predicted molar refractivity (Wildman–Crippen MR) is 129 cm³/mol. The van der Waals surface area contributed by atoms with Gasteiger partial charge in [0.1, 0.15) is 0 Å². The van der Waals surface area contributed by atoms with E-state index in [0.717, 1.165) is 6.67 Å². The minimum Gasteiger partial charge on any atom is -0.304 e. The average Bonchev–Trinajstić information content (AvgIpc) is 2.71. The highest BCUT2D eigenvalue weighted by molar-refractivity contribution is 4.59. The van der Waals surface area contributed by atoms with Gasteiger partial charge in [-0.2, -0.15) is 0 Å². The molecule has 0 aromatic heterocycles. The molecule has 0 fully saturated rings. The van der Waals surface area contributed by atoms with E-state index < -0.39 is 0 Å². The van der Waals surface area contributed by atoms with Gasteiger partial charge in [0.05, 0.1) is 0 Å². The van der Waals surface area contributed by atoms with Gasteiger partial charge in [0, 0.05) is 6.67 Å². The molecule has 0 saturated heterocycles. The van der Waals surface area contributed by atoms with Crippen LogP contribution in [0.25, 0.3) is 0 Å². The van der Waals surface area contributed by atoms with Crippen LogP contribution in [-0.2, 0) is 0 Å². The van der Waals surface area contributed by atoms with Crippen molar-refractivity contribution in [2.45, 2.75) is 143 Å². The van der Waals surface area contributed by atoms with Crippen molar-refractivity contribution in [3.05, 3.63) is 0 Å². The molecule has 2 heteroatoms. The summed E-state index contributed by atoms with van der Waals surface area (Å²) in [5, 5.41) is 3.70. The number of nitrogens with zero attached hydrogens (tertiary/aromatic N) is 1. The number of nitrogens with one attached hydrogen (secondary N) is 1. The predicted octanol–water partition coefficient (Wildman–Crippen LogP) is 8.31. The highest BCUT2D eigenvalue weighted by Crippen LogP contribution is 2.11. The number of hydrogen-bond donors (Lipinski definition) is 1. The van der Waals surface area contributed by atoms with E-state index in [1.54, 1.807) is 0 Å². The maximum atomic E-state index is 3.70. The fourth-order valence-corrected chi connectivity index (χ4v) is 3.95. The molecule has 0 aliphatic carbocycles. The van der Waals surface area contributed by atoms with Crippen molar-refractivity contribution in [2.24, 2.45) is 0 Å². The zero-order chi connectivity index (χ0) is 20.5. The van der Waals surface area contributed by atoms with Crippen LogP contribution in [0.2, 0.25) is 0 Å². The van der Waals surface area contributed by atoms with Crippen LogP contribution in [0.3, 0.4) is 0 Å². The molecule has 170 valence electrons. The molecule has 0 bridgehead atoms. The number of unbranched alkanes of at least 4 members (excludes halogenated alkanes) is 16. The summed E-state index contributed by atoms with van der Waals surface area (Å²) in [6.45, 7) is 11.8. The summed E-state index contributed by atoms with van der Waals surface area (Å²) in [6.07, 6.45) is 26.8. The van der Waals surface area contributed by atoms with Crippen LogP contribution in [0.1, 0.15) is 143 Å². The normalized spacial score (nSPS) is 11.6. The molecule has 1 N–H and O–H groups in total. The Labute approximate surface area is 179 Å². The largest absolute Gasteiger partial charge is 0.304 e. The second kappa shape index (κ2) is 25.0. The third-order valence-corrected chi connectivity index (χ3v) is 5.95. The van der Waals surface area contributed by atoms with E-state index in [9.17, 15) is 0 Å². The van der Waals surface area contributed by atoms with Crippen molar-refractivity contribution in [3.8, 4) is 0 Å². The van der Waals surface area contributed by atoms with Crippen molar-refractivity contribution in [1.82, 2.24) is 10.2 Å². The van der Waals surface area contributed by atoms with Crippen LogP contribution < -0.4 is 5.32 Å². The van der Waals surface area contributed by atoms with Crippen LogP contribution >= 0.6 is 0 Å². The molecule has 28 heavy (non-hydrogen) atoms. The van der Waals surface area contributed by atoms with Gasteiger partial charge in [-0.05, 0) is 38.9 Å². The Morgan fingerprint density at radius 3 is 1.21 bits per heavy atom. The molecule has 0 aliphatic heterocycles. The Bertz CT molecular complexity index is 247. The van der Waals surface area contributed by atoms with Gasteiger partial charge in [-0.15, -0.1) is 0 Å². The van der Waals surface area contributed by atoms with Crippen LogP contribution in [0.15, 0.2) is 0 Å². The zero-order valence-electron chi connectivity index (χ0n) is 20.2.